The molecule has 2 rings (SSSR count). The average molecular weight is 281 g/mol. The number of aromatic nitrogens is 1. The molecule has 1 aromatic carbocycles. The van der Waals surface area contributed by atoms with E-state index >= 15 is 0 Å². The zero-order chi connectivity index (χ0) is 14.8. The molecule has 0 atom stereocenters. The van der Waals surface area contributed by atoms with Crippen LogP contribution in [0.2, 0.25) is 0 Å². The number of pyridine rings is 1. The van der Waals surface area contributed by atoms with Crippen molar-refractivity contribution in [2.75, 3.05) is 0 Å². The maximum absolute atomic E-state index is 12.5. The van der Waals surface area contributed by atoms with E-state index in [-0.39, 0.29) is 23.0 Å². The Kier molecular flexibility index (Phi) is 3.60. The van der Waals surface area contributed by atoms with Gasteiger partial charge in [-0.2, -0.15) is 13.2 Å². The molecule has 0 saturated heterocycles. The molecule has 104 valence electrons. The molecule has 2 aromatic rings. The van der Waals surface area contributed by atoms with Gasteiger partial charge in [-0.1, -0.05) is 6.07 Å². The van der Waals surface area contributed by atoms with Crippen molar-refractivity contribution in [3.63, 3.8) is 0 Å². The Morgan fingerprint density at radius 3 is 2.45 bits per heavy atom. The van der Waals surface area contributed by atoms with Crippen molar-refractivity contribution >= 4 is 5.84 Å². The Bertz CT molecular complexity index is 624. The van der Waals surface area contributed by atoms with Crippen LogP contribution >= 0.6 is 0 Å². The van der Waals surface area contributed by atoms with Gasteiger partial charge in [-0.25, -0.2) is 4.98 Å². The van der Waals surface area contributed by atoms with Gasteiger partial charge < -0.3 is 10.5 Å². The minimum Gasteiger partial charge on any atom is -0.456 e. The zero-order valence-corrected chi connectivity index (χ0v) is 10.1. The standard InChI is InChI=1S/C13H10F3N3O/c14-13(15,16)8-2-1-3-9(6-8)20-10-4-5-11(12(17)18)19-7-10/h1-7H,(H3,17,18). The maximum Gasteiger partial charge on any atom is 0.416 e. The summed E-state index contributed by atoms with van der Waals surface area (Å²) in [7, 11) is 0. The van der Waals surface area contributed by atoms with Crippen LogP contribution in [-0.4, -0.2) is 10.8 Å². The van der Waals surface area contributed by atoms with Gasteiger partial charge >= 0.3 is 6.18 Å². The molecular weight excluding hydrogens is 271 g/mol. The first kappa shape index (κ1) is 13.9. The Morgan fingerprint density at radius 1 is 1.15 bits per heavy atom. The molecule has 0 fully saturated rings. The number of rotatable bonds is 3. The number of hydrogen-bond donors (Lipinski definition) is 2. The smallest absolute Gasteiger partial charge is 0.416 e. The molecule has 0 aliphatic rings. The monoisotopic (exact) mass is 281 g/mol. The summed E-state index contributed by atoms with van der Waals surface area (Å²) >= 11 is 0. The third kappa shape index (κ3) is 3.25. The first-order chi connectivity index (χ1) is 9.36. The van der Waals surface area contributed by atoms with Gasteiger partial charge in [0.25, 0.3) is 0 Å². The predicted molar refractivity (Wildman–Crippen MR) is 66.8 cm³/mol. The largest absolute Gasteiger partial charge is 0.456 e. The third-order valence-electron chi connectivity index (χ3n) is 2.41. The summed E-state index contributed by atoms with van der Waals surface area (Å²) in [4.78, 5) is 3.85. The fourth-order valence-electron chi connectivity index (χ4n) is 1.47. The van der Waals surface area contributed by atoms with E-state index in [2.05, 4.69) is 4.98 Å². The molecule has 20 heavy (non-hydrogen) atoms. The number of halogens is 3. The minimum absolute atomic E-state index is 0.0530. The van der Waals surface area contributed by atoms with Gasteiger partial charge in [0.05, 0.1) is 11.8 Å². The van der Waals surface area contributed by atoms with E-state index in [1.807, 2.05) is 0 Å². The highest BCUT2D eigenvalue weighted by atomic mass is 19.4. The number of nitrogen functional groups attached to an aromatic ring is 1. The number of nitrogens with zero attached hydrogens (tertiary/aromatic N) is 1. The number of nitrogens with two attached hydrogens (primary N) is 1. The van der Waals surface area contributed by atoms with Crippen LogP contribution in [0.1, 0.15) is 11.3 Å². The molecule has 7 heteroatoms. The summed E-state index contributed by atoms with van der Waals surface area (Å²) in [6.07, 6.45) is -3.13. The van der Waals surface area contributed by atoms with Gasteiger partial charge in [0.2, 0.25) is 0 Å². The first-order valence-corrected chi connectivity index (χ1v) is 5.52. The van der Waals surface area contributed by atoms with Gasteiger partial charge in [0.15, 0.2) is 0 Å². The summed E-state index contributed by atoms with van der Waals surface area (Å²) in [5.74, 6) is 0.113. The lowest BCUT2D eigenvalue weighted by molar-refractivity contribution is -0.137. The summed E-state index contributed by atoms with van der Waals surface area (Å²) in [5, 5.41) is 7.17. The Labute approximate surface area is 112 Å². The molecule has 1 heterocycles. The van der Waals surface area contributed by atoms with Gasteiger partial charge in [-0.05, 0) is 30.3 Å². The van der Waals surface area contributed by atoms with Gasteiger partial charge in [0, 0.05) is 0 Å². The Morgan fingerprint density at radius 2 is 1.90 bits per heavy atom. The van der Waals surface area contributed by atoms with Crippen molar-refractivity contribution in [3.05, 3.63) is 53.9 Å². The fourth-order valence-corrected chi connectivity index (χ4v) is 1.47. The molecule has 0 spiro atoms. The second-order valence-electron chi connectivity index (χ2n) is 3.92. The molecule has 0 bridgehead atoms. The van der Waals surface area contributed by atoms with E-state index in [1.54, 1.807) is 0 Å². The van der Waals surface area contributed by atoms with Crippen LogP contribution < -0.4 is 10.5 Å². The molecule has 0 radical (unpaired) electrons. The Hall–Kier alpha value is -2.57. The molecule has 0 aliphatic carbocycles. The average Bonchev–Trinajstić information content (AvgIpc) is 2.38. The number of alkyl halides is 3. The molecule has 0 aliphatic heterocycles. The second kappa shape index (κ2) is 5.20. The van der Waals surface area contributed by atoms with E-state index in [4.69, 9.17) is 15.9 Å². The number of amidine groups is 1. The maximum atomic E-state index is 12.5. The molecule has 4 nitrogen and oxygen atoms in total. The van der Waals surface area contributed by atoms with E-state index < -0.39 is 11.7 Å². The third-order valence-corrected chi connectivity index (χ3v) is 2.41. The van der Waals surface area contributed by atoms with Crippen LogP contribution in [0.4, 0.5) is 13.2 Å². The fraction of sp³-hybridized carbons (Fsp3) is 0.0769. The summed E-state index contributed by atoms with van der Waals surface area (Å²) in [5.41, 5.74) is 4.72. The quantitative estimate of drug-likeness (QED) is 0.670. The summed E-state index contributed by atoms with van der Waals surface area (Å²) < 4.78 is 42.9. The summed E-state index contributed by atoms with van der Waals surface area (Å²) in [6.45, 7) is 0. The SMILES string of the molecule is N=C(N)c1ccc(Oc2cccc(C(F)(F)F)c2)cn1. The van der Waals surface area contributed by atoms with Crippen molar-refractivity contribution in [2.45, 2.75) is 6.18 Å². The number of ether oxygens (including phenoxy) is 1. The van der Waals surface area contributed by atoms with E-state index in [1.165, 1.54) is 30.5 Å². The number of hydrogen-bond acceptors (Lipinski definition) is 3. The van der Waals surface area contributed by atoms with Gasteiger partial charge in [0.1, 0.15) is 23.0 Å². The van der Waals surface area contributed by atoms with Crippen molar-refractivity contribution in [3.8, 4) is 11.5 Å². The van der Waals surface area contributed by atoms with Crippen LogP contribution in [-0.2, 0) is 6.18 Å². The van der Waals surface area contributed by atoms with Crippen LogP contribution in [0.3, 0.4) is 0 Å². The van der Waals surface area contributed by atoms with Crippen molar-refractivity contribution in [2.24, 2.45) is 5.73 Å². The molecule has 0 saturated carbocycles. The highest BCUT2D eigenvalue weighted by Gasteiger charge is 2.30. The van der Waals surface area contributed by atoms with E-state index in [0.29, 0.717) is 0 Å². The van der Waals surface area contributed by atoms with Crippen molar-refractivity contribution in [1.82, 2.24) is 4.98 Å². The lowest BCUT2D eigenvalue weighted by atomic mass is 10.2. The van der Waals surface area contributed by atoms with Crippen LogP contribution in [0.5, 0.6) is 11.5 Å². The van der Waals surface area contributed by atoms with Gasteiger partial charge in [-0.15, -0.1) is 0 Å². The molecule has 3 N–H and O–H groups in total. The topological polar surface area (TPSA) is 72.0 Å². The van der Waals surface area contributed by atoms with Gasteiger partial charge in [-0.3, -0.25) is 5.41 Å². The van der Waals surface area contributed by atoms with Crippen LogP contribution in [0, 0.1) is 5.41 Å². The minimum atomic E-state index is -4.42. The highest BCUT2D eigenvalue weighted by Crippen LogP contribution is 2.32. The predicted octanol–water partition coefficient (Wildman–Crippen LogP) is 3.18. The van der Waals surface area contributed by atoms with Crippen LogP contribution in [0.15, 0.2) is 42.6 Å². The number of nitrogens with one attached hydrogen (secondary N) is 1. The zero-order valence-electron chi connectivity index (χ0n) is 10.1. The van der Waals surface area contributed by atoms with Crippen LogP contribution in [0.25, 0.3) is 0 Å². The first-order valence-electron chi connectivity index (χ1n) is 5.52. The van der Waals surface area contributed by atoms with Crippen molar-refractivity contribution in [1.29, 1.82) is 5.41 Å². The Balaban J connectivity index is 2.20. The summed E-state index contributed by atoms with van der Waals surface area (Å²) in [6, 6.07) is 7.46. The van der Waals surface area contributed by atoms with E-state index in [9.17, 15) is 13.2 Å². The lowest BCUT2D eigenvalue weighted by Gasteiger charge is -2.10. The molecule has 0 amide bonds. The lowest BCUT2D eigenvalue weighted by Crippen LogP contribution is -2.12. The second-order valence-corrected chi connectivity index (χ2v) is 3.92. The number of benzene rings is 1. The van der Waals surface area contributed by atoms with E-state index in [0.717, 1.165) is 12.1 Å². The molecular formula is C13H10F3N3O. The molecule has 1 aromatic heterocycles. The normalized spacial score (nSPS) is 11.2. The highest BCUT2D eigenvalue weighted by molar-refractivity contribution is 5.92. The van der Waals surface area contributed by atoms with Crippen molar-refractivity contribution < 1.29 is 17.9 Å². The molecule has 0 unspecified atom stereocenters.